The van der Waals surface area contributed by atoms with Crippen LogP contribution in [0.25, 0.3) is 0 Å². The van der Waals surface area contributed by atoms with E-state index in [1.807, 2.05) is 0 Å². The minimum atomic E-state index is -3.76. The molecular weight excluding hydrogens is 324 g/mol. The fraction of sp³-hybridized carbons (Fsp3) is 0.300. The number of carboxylic acid groups (broad SMARTS) is 1. The lowest BCUT2D eigenvalue weighted by atomic mass is 10.2. The molecule has 0 amide bonds. The van der Waals surface area contributed by atoms with Gasteiger partial charge in [0.1, 0.15) is 0 Å². The van der Waals surface area contributed by atoms with E-state index in [4.69, 9.17) is 5.11 Å². The molecule has 1 atom stereocenters. The van der Waals surface area contributed by atoms with Crippen molar-refractivity contribution >= 4 is 37.8 Å². The molecule has 1 heterocycles. The van der Waals surface area contributed by atoms with Crippen LogP contribution < -0.4 is 4.31 Å². The largest absolute Gasteiger partial charge is 0.480 e. The Bertz CT molecular complexity index is 589. The van der Waals surface area contributed by atoms with Crippen molar-refractivity contribution in [2.45, 2.75) is 6.04 Å². The van der Waals surface area contributed by atoms with Crippen LogP contribution in [0.3, 0.4) is 0 Å². The molecule has 0 aliphatic carbocycles. The SMILES string of the molecule is CN1CC(C(=O)O)N(c2cccc(Br)c2)S1(=O)=O. The molecule has 0 radical (unpaired) electrons. The molecule has 1 N–H and O–H groups in total. The Labute approximate surface area is 113 Å². The van der Waals surface area contributed by atoms with E-state index >= 15 is 0 Å². The van der Waals surface area contributed by atoms with E-state index in [-0.39, 0.29) is 6.54 Å². The minimum absolute atomic E-state index is 0.0653. The first-order chi connectivity index (χ1) is 8.34. The van der Waals surface area contributed by atoms with Crippen LogP contribution >= 0.6 is 15.9 Å². The van der Waals surface area contributed by atoms with Gasteiger partial charge in [0, 0.05) is 18.1 Å². The summed E-state index contributed by atoms with van der Waals surface area (Å²) in [5, 5.41) is 9.12. The molecule has 1 unspecified atom stereocenters. The first-order valence-corrected chi connectivity index (χ1v) is 7.27. The Kier molecular flexibility index (Phi) is 3.35. The van der Waals surface area contributed by atoms with Gasteiger partial charge in [0.2, 0.25) is 0 Å². The first-order valence-electron chi connectivity index (χ1n) is 5.08. The van der Waals surface area contributed by atoms with Crippen molar-refractivity contribution in [2.24, 2.45) is 0 Å². The third-order valence-corrected chi connectivity index (χ3v) is 5.10. The van der Waals surface area contributed by atoms with Gasteiger partial charge in [-0.1, -0.05) is 22.0 Å². The molecule has 0 saturated carbocycles. The maximum atomic E-state index is 12.1. The molecule has 1 saturated heterocycles. The predicted octanol–water partition coefficient (Wildman–Crippen LogP) is 0.899. The highest BCUT2D eigenvalue weighted by Gasteiger charge is 2.45. The van der Waals surface area contributed by atoms with Crippen LogP contribution in [-0.4, -0.2) is 43.4 Å². The highest BCUT2D eigenvalue weighted by Crippen LogP contribution is 2.30. The fourth-order valence-electron chi connectivity index (χ4n) is 1.83. The number of hydrogen-bond donors (Lipinski definition) is 1. The van der Waals surface area contributed by atoms with Crippen LogP contribution in [0.1, 0.15) is 0 Å². The van der Waals surface area contributed by atoms with Gasteiger partial charge in [-0.25, -0.2) is 9.10 Å². The van der Waals surface area contributed by atoms with Gasteiger partial charge in [0.15, 0.2) is 6.04 Å². The lowest BCUT2D eigenvalue weighted by molar-refractivity contribution is -0.138. The van der Waals surface area contributed by atoms with Gasteiger partial charge >= 0.3 is 16.2 Å². The monoisotopic (exact) mass is 334 g/mol. The quantitative estimate of drug-likeness (QED) is 0.871. The van der Waals surface area contributed by atoms with Gasteiger partial charge < -0.3 is 5.11 Å². The van der Waals surface area contributed by atoms with Crippen LogP contribution in [0.2, 0.25) is 0 Å². The standard InChI is InChI=1S/C10H11BrN2O4S/c1-12-6-9(10(14)15)13(18(12,16)17)8-4-2-3-7(11)5-8/h2-5,9H,6H2,1H3,(H,14,15). The highest BCUT2D eigenvalue weighted by atomic mass is 79.9. The zero-order chi connectivity index (χ0) is 13.5. The van der Waals surface area contributed by atoms with Crippen molar-refractivity contribution in [3.8, 4) is 0 Å². The molecule has 1 aromatic carbocycles. The Hall–Kier alpha value is -1.12. The summed E-state index contributed by atoms with van der Waals surface area (Å²) < 4.78 is 26.8. The molecule has 1 aliphatic heterocycles. The van der Waals surface area contributed by atoms with Crippen molar-refractivity contribution in [1.82, 2.24) is 4.31 Å². The third-order valence-electron chi connectivity index (χ3n) is 2.70. The fourth-order valence-corrected chi connectivity index (χ4v) is 3.70. The summed E-state index contributed by atoms with van der Waals surface area (Å²) in [7, 11) is -2.40. The van der Waals surface area contributed by atoms with E-state index < -0.39 is 22.2 Å². The zero-order valence-corrected chi connectivity index (χ0v) is 11.8. The second kappa shape index (κ2) is 4.52. The number of rotatable bonds is 2. The molecular formula is C10H11BrN2O4S. The van der Waals surface area contributed by atoms with Gasteiger partial charge in [-0.15, -0.1) is 0 Å². The number of hydrogen-bond acceptors (Lipinski definition) is 3. The van der Waals surface area contributed by atoms with Crippen LogP contribution in [0.4, 0.5) is 5.69 Å². The summed E-state index contributed by atoms with van der Waals surface area (Å²) in [5.41, 5.74) is 0.334. The average Bonchev–Trinajstić information content (AvgIpc) is 2.50. The molecule has 2 rings (SSSR count). The summed E-state index contributed by atoms with van der Waals surface area (Å²) in [6.07, 6.45) is 0. The number of carboxylic acids is 1. The van der Waals surface area contributed by atoms with Gasteiger partial charge in [-0.3, -0.25) is 0 Å². The zero-order valence-electron chi connectivity index (χ0n) is 9.45. The Morgan fingerprint density at radius 2 is 2.17 bits per heavy atom. The number of halogens is 1. The molecule has 98 valence electrons. The molecule has 1 aromatic rings. The molecule has 1 fully saturated rings. The normalized spacial score (nSPS) is 23.2. The van der Waals surface area contributed by atoms with E-state index in [0.29, 0.717) is 10.2 Å². The van der Waals surface area contributed by atoms with Crippen molar-refractivity contribution in [3.05, 3.63) is 28.7 Å². The molecule has 0 aromatic heterocycles. The van der Waals surface area contributed by atoms with Crippen molar-refractivity contribution in [2.75, 3.05) is 17.9 Å². The van der Waals surface area contributed by atoms with E-state index in [1.54, 1.807) is 24.3 Å². The highest BCUT2D eigenvalue weighted by molar-refractivity contribution is 9.10. The molecule has 18 heavy (non-hydrogen) atoms. The lowest BCUT2D eigenvalue weighted by Crippen LogP contribution is -2.40. The van der Waals surface area contributed by atoms with Crippen LogP contribution in [0, 0.1) is 0 Å². The van der Waals surface area contributed by atoms with E-state index in [9.17, 15) is 13.2 Å². The average molecular weight is 335 g/mol. The van der Waals surface area contributed by atoms with Crippen molar-refractivity contribution in [1.29, 1.82) is 0 Å². The lowest BCUT2D eigenvalue weighted by Gasteiger charge is -2.21. The molecule has 0 spiro atoms. The summed E-state index contributed by atoms with van der Waals surface area (Å²) in [6, 6.07) is 5.44. The molecule has 6 nitrogen and oxygen atoms in total. The topological polar surface area (TPSA) is 77.9 Å². The maximum absolute atomic E-state index is 12.1. The Morgan fingerprint density at radius 3 is 2.72 bits per heavy atom. The van der Waals surface area contributed by atoms with Crippen LogP contribution in [0.5, 0.6) is 0 Å². The molecule has 0 bridgehead atoms. The summed E-state index contributed by atoms with van der Waals surface area (Å²) in [4.78, 5) is 11.2. The number of benzene rings is 1. The van der Waals surface area contributed by atoms with Gasteiger partial charge in [0.25, 0.3) is 0 Å². The number of likely N-dealkylation sites (N-methyl/N-ethyl adjacent to an activating group) is 1. The third kappa shape index (κ3) is 2.11. The number of aliphatic carboxylic acids is 1. The Morgan fingerprint density at radius 1 is 1.50 bits per heavy atom. The smallest absolute Gasteiger partial charge is 0.328 e. The second-order valence-electron chi connectivity index (χ2n) is 3.92. The number of nitrogens with zero attached hydrogens (tertiary/aromatic N) is 2. The van der Waals surface area contributed by atoms with Crippen LogP contribution in [0.15, 0.2) is 28.7 Å². The number of anilines is 1. The van der Waals surface area contributed by atoms with Crippen LogP contribution in [-0.2, 0) is 15.0 Å². The van der Waals surface area contributed by atoms with Gasteiger partial charge in [-0.2, -0.15) is 12.7 Å². The van der Waals surface area contributed by atoms with E-state index in [0.717, 1.165) is 8.61 Å². The second-order valence-corrected chi connectivity index (χ2v) is 6.75. The summed E-state index contributed by atoms with van der Waals surface area (Å²) >= 11 is 3.24. The molecule has 8 heteroatoms. The van der Waals surface area contributed by atoms with Crippen molar-refractivity contribution in [3.63, 3.8) is 0 Å². The van der Waals surface area contributed by atoms with Crippen molar-refractivity contribution < 1.29 is 18.3 Å². The predicted molar refractivity (Wildman–Crippen MR) is 69.6 cm³/mol. The van der Waals surface area contributed by atoms with Gasteiger partial charge in [-0.05, 0) is 18.2 Å². The van der Waals surface area contributed by atoms with Gasteiger partial charge in [0.05, 0.1) is 5.69 Å². The first kappa shape index (κ1) is 13.3. The summed E-state index contributed by atoms with van der Waals surface area (Å²) in [6.45, 7) is -0.0653. The van der Waals surface area contributed by atoms with E-state index in [2.05, 4.69) is 15.9 Å². The minimum Gasteiger partial charge on any atom is -0.480 e. The Balaban J connectivity index is 2.54. The number of carbonyl (C=O) groups is 1. The maximum Gasteiger partial charge on any atom is 0.328 e. The summed E-state index contributed by atoms with van der Waals surface area (Å²) in [5.74, 6) is -1.16. The molecule has 1 aliphatic rings. The van der Waals surface area contributed by atoms with E-state index in [1.165, 1.54) is 7.05 Å².